The molecular formula is C12H15N3O2. The molecule has 0 aliphatic carbocycles. The number of nitrogens with one attached hydrogen (secondary N) is 2. The minimum absolute atomic E-state index is 0.177. The molecule has 1 amide bonds. The number of carbonyl (C=O) groups excluding carboxylic acids is 1. The summed E-state index contributed by atoms with van der Waals surface area (Å²) in [6.07, 6.45) is 4.89. The predicted molar refractivity (Wildman–Crippen MR) is 62.7 cm³/mol. The standard InChI is InChI=1S/C12H15N3O2/c1-2-10-3-4-11(17-10)12(16)14-6-5-9-7-13-8-15-9/h3-4,7-8H,2,5-6H2,1H3,(H,13,15)(H,14,16). The molecule has 0 radical (unpaired) electrons. The van der Waals surface area contributed by atoms with Gasteiger partial charge in [-0.05, 0) is 12.1 Å². The fourth-order valence-electron chi connectivity index (χ4n) is 1.51. The summed E-state index contributed by atoms with van der Waals surface area (Å²) >= 11 is 0. The number of aromatic nitrogens is 2. The van der Waals surface area contributed by atoms with Crippen molar-refractivity contribution in [3.8, 4) is 0 Å². The Labute approximate surface area is 99.2 Å². The normalized spacial score (nSPS) is 10.4. The highest BCUT2D eigenvalue weighted by molar-refractivity contribution is 5.91. The van der Waals surface area contributed by atoms with Crippen LogP contribution in [-0.2, 0) is 12.8 Å². The van der Waals surface area contributed by atoms with Crippen molar-refractivity contribution < 1.29 is 9.21 Å². The maximum atomic E-state index is 11.7. The number of H-pyrrole nitrogens is 1. The van der Waals surface area contributed by atoms with Crippen molar-refractivity contribution in [1.29, 1.82) is 0 Å². The van der Waals surface area contributed by atoms with Gasteiger partial charge in [-0.3, -0.25) is 4.79 Å². The highest BCUT2D eigenvalue weighted by Crippen LogP contribution is 2.07. The zero-order chi connectivity index (χ0) is 12.1. The van der Waals surface area contributed by atoms with Crippen LogP contribution in [0.2, 0.25) is 0 Å². The van der Waals surface area contributed by atoms with E-state index in [0.29, 0.717) is 12.3 Å². The molecule has 0 spiro atoms. The Balaban J connectivity index is 1.81. The van der Waals surface area contributed by atoms with E-state index in [9.17, 15) is 4.79 Å². The molecule has 17 heavy (non-hydrogen) atoms. The molecule has 0 fully saturated rings. The van der Waals surface area contributed by atoms with Crippen molar-refractivity contribution in [3.63, 3.8) is 0 Å². The van der Waals surface area contributed by atoms with Crippen LogP contribution in [0.1, 0.15) is 28.9 Å². The number of imidazole rings is 1. The van der Waals surface area contributed by atoms with Crippen LogP contribution in [0.3, 0.4) is 0 Å². The van der Waals surface area contributed by atoms with Crippen LogP contribution in [0.15, 0.2) is 29.1 Å². The fraction of sp³-hybridized carbons (Fsp3) is 0.333. The lowest BCUT2D eigenvalue weighted by Gasteiger charge is -2.01. The maximum absolute atomic E-state index is 11.7. The van der Waals surface area contributed by atoms with Crippen molar-refractivity contribution in [2.75, 3.05) is 6.54 Å². The molecule has 2 aromatic heterocycles. The molecule has 90 valence electrons. The van der Waals surface area contributed by atoms with E-state index in [0.717, 1.165) is 24.3 Å². The van der Waals surface area contributed by atoms with Crippen molar-refractivity contribution >= 4 is 5.91 Å². The second kappa shape index (κ2) is 5.34. The number of amides is 1. The van der Waals surface area contributed by atoms with Crippen molar-refractivity contribution in [3.05, 3.63) is 41.9 Å². The Morgan fingerprint density at radius 3 is 3.06 bits per heavy atom. The lowest BCUT2D eigenvalue weighted by atomic mass is 10.3. The van der Waals surface area contributed by atoms with Crippen LogP contribution in [0, 0.1) is 0 Å². The average Bonchev–Trinajstić information content (AvgIpc) is 2.99. The summed E-state index contributed by atoms with van der Waals surface area (Å²) in [5.41, 5.74) is 0.999. The second-order valence-corrected chi connectivity index (χ2v) is 3.70. The molecule has 2 heterocycles. The van der Waals surface area contributed by atoms with Gasteiger partial charge < -0.3 is 14.7 Å². The number of hydrogen-bond donors (Lipinski definition) is 2. The van der Waals surface area contributed by atoms with Gasteiger partial charge in [0, 0.05) is 31.3 Å². The van der Waals surface area contributed by atoms with Crippen LogP contribution in [0.5, 0.6) is 0 Å². The van der Waals surface area contributed by atoms with Gasteiger partial charge in [0.15, 0.2) is 5.76 Å². The Bertz CT molecular complexity index is 474. The van der Waals surface area contributed by atoms with Gasteiger partial charge in [-0.1, -0.05) is 6.92 Å². The number of carbonyl (C=O) groups is 1. The van der Waals surface area contributed by atoms with E-state index in [2.05, 4.69) is 15.3 Å². The van der Waals surface area contributed by atoms with Gasteiger partial charge in [0.25, 0.3) is 5.91 Å². The minimum Gasteiger partial charge on any atom is -0.456 e. The molecule has 0 bridgehead atoms. The quantitative estimate of drug-likeness (QED) is 0.822. The molecule has 0 saturated carbocycles. The van der Waals surface area contributed by atoms with Gasteiger partial charge in [-0.2, -0.15) is 0 Å². The van der Waals surface area contributed by atoms with Crippen LogP contribution < -0.4 is 5.32 Å². The molecule has 0 unspecified atom stereocenters. The van der Waals surface area contributed by atoms with E-state index in [1.54, 1.807) is 18.6 Å². The smallest absolute Gasteiger partial charge is 0.287 e. The zero-order valence-corrected chi connectivity index (χ0v) is 9.69. The van der Waals surface area contributed by atoms with Gasteiger partial charge in [-0.25, -0.2) is 4.98 Å². The van der Waals surface area contributed by atoms with Crippen molar-refractivity contribution in [2.24, 2.45) is 0 Å². The molecule has 0 saturated heterocycles. The number of aryl methyl sites for hydroxylation is 1. The summed E-state index contributed by atoms with van der Waals surface area (Å²) < 4.78 is 5.35. The predicted octanol–water partition coefficient (Wildman–Crippen LogP) is 1.54. The Morgan fingerprint density at radius 2 is 2.41 bits per heavy atom. The molecule has 2 N–H and O–H groups in total. The number of aromatic amines is 1. The average molecular weight is 233 g/mol. The lowest BCUT2D eigenvalue weighted by Crippen LogP contribution is -2.25. The summed E-state index contributed by atoms with van der Waals surface area (Å²) in [6.45, 7) is 2.54. The van der Waals surface area contributed by atoms with Gasteiger partial charge >= 0.3 is 0 Å². The molecular weight excluding hydrogens is 218 g/mol. The molecule has 0 aliphatic heterocycles. The number of rotatable bonds is 5. The summed E-state index contributed by atoms with van der Waals surface area (Å²) in [5, 5.41) is 2.79. The summed E-state index contributed by atoms with van der Waals surface area (Å²) in [6, 6.07) is 3.52. The molecule has 0 atom stereocenters. The molecule has 2 aromatic rings. The Kier molecular flexibility index (Phi) is 3.59. The van der Waals surface area contributed by atoms with Crippen molar-refractivity contribution in [1.82, 2.24) is 15.3 Å². The van der Waals surface area contributed by atoms with Gasteiger partial charge in [0.05, 0.1) is 6.33 Å². The highest BCUT2D eigenvalue weighted by atomic mass is 16.3. The number of nitrogens with zero attached hydrogens (tertiary/aromatic N) is 1. The molecule has 5 nitrogen and oxygen atoms in total. The van der Waals surface area contributed by atoms with E-state index in [-0.39, 0.29) is 5.91 Å². The van der Waals surface area contributed by atoms with E-state index in [1.807, 2.05) is 13.0 Å². The SMILES string of the molecule is CCc1ccc(C(=O)NCCc2cnc[nH]2)o1. The van der Waals surface area contributed by atoms with E-state index >= 15 is 0 Å². The Morgan fingerprint density at radius 1 is 1.53 bits per heavy atom. The maximum Gasteiger partial charge on any atom is 0.287 e. The third-order valence-corrected chi connectivity index (χ3v) is 2.47. The monoisotopic (exact) mass is 233 g/mol. The Hall–Kier alpha value is -2.04. The van der Waals surface area contributed by atoms with Gasteiger partial charge in [0.2, 0.25) is 0 Å². The van der Waals surface area contributed by atoms with Crippen LogP contribution in [0.4, 0.5) is 0 Å². The third-order valence-electron chi connectivity index (χ3n) is 2.47. The van der Waals surface area contributed by atoms with E-state index < -0.39 is 0 Å². The first-order valence-electron chi connectivity index (χ1n) is 5.63. The lowest BCUT2D eigenvalue weighted by molar-refractivity contribution is 0.0924. The molecule has 0 aromatic carbocycles. The summed E-state index contributed by atoms with van der Waals surface area (Å²) in [5.74, 6) is 1.01. The largest absolute Gasteiger partial charge is 0.456 e. The zero-order valence-electron chi connectivity index (χ0n) is 9.69. The summed E-state index contributed by atoms with van der Waals surface area (Å²) in [7, 11) is 0. The van der Waals surface area contributed by atoms with E-state index in [4.69, 9.17) is 4.42 Å². The minimum atomic E-state index is -0.177. The van der Waals surface area contributed by atoms with E-state index in [1.165, 1.54) is 0 Å². The molecule has 2 rings (SSSR count). The van der Waals surface area contributed by atoms with Crippen molar-refractivity contribution in [2.45, 2.75) is 19.8 Å². The van der Waals surface area contributed by atoms with Crippen LogP contribution in [-0.4, -0.2) is 22.4 Å². The summed E-state index contributed by atoms with van der Waals surface area (Å²) in [4.78, 5) is 18.6. The number of hydrogen-bond acceptors (Lipinski definition) is 3. The fourth-order valence-corrected chi connectivity index (χ4v) is 1.51. The number of furan rings is 1. The van der Waals surface area contributed by atoms with Crippen LogP contribution in [0.25, 0.3) is 0 Å². The van der Waals surface area contributed by atoms with Crippen LogP contribution >= 0.6 is 0 Å². The topological polar surface area (TPSA) is 70.9 Å². The van der Waals surface area contributed by atoms with Gasteiger partial charge in [0.1, 0.15) is 5.76 Å². The first-order valence-corrected chi connectivity index (χ1v) is 5.63. The first-order chi connectivity index (χ1) is 8.29. The second-order valence-electron chi connectivity index (χ2n) is 3.70. The highest BCUT2D eigenvalue weighted by Gasteiger charge is 2.09. The molecule has 5 heteroatoms. The molecule has 0 aliphatic rings. The van der Waals surface area contributed by atoms with Gasteiger partial charge in [-0.15, -0.1) is 0 Å². The third kappa shape index (κ3) is 2.96. The first kappa shape index (κ1) is 11.4.